The van der Waals surface area contributed by atoms with Gasteiger partial charge in [0.05, 0.1) is 33.8 Å². The number of rotatable bonds is 6. The molecule has 4 nitrogen and oxygen atoms in total. The number of hydrogen-bond donors (Lipinski definition) is 2. The Balaban J connectivity index is 1.25. The van der Waals surface area contributed by atoms with Gasteiger partial charge in [-0.25, -0.2) is 9.97 Å². The van der Waals surface area contributed by atoms with Crippen LogP contribution in [0.1, 0.15) is 27.8 Å². The summed E-state index contributed by atoms with van der Waals surface area (Å²) in [6, 6.07) is 60.0. The third kappa shape index (κ3) is 5.69. The Morgan fingerprint density at radius 1 is 0.471 bits per heavy atom. The second kappa shape index (κ2) is 12.8. The lowest BCUT2D eigenvalue weighted by Crippen LogP contribution is -2.20. The molecule has 2 aromatic heterocycles. The lowest BCUT2D eigenvalue weighted by Gasteiger charge is -2.27. The quantitative estimate of drug-likeness (QED) is 0.139. The Kier molecular flexibility index (Phi) is 7.60. The molecule has 0 atom stereocenters. The largest absolute Gasteiger partial charge is 0.354 e. The summed E-state index contributed by atoms with van der Waals surface area (Å²) in [5.74, 6) is 0. The lowest BCUT2D eigenvalue weighted by molar-refractivity contribution is 1.22. The van der Waals surface area contributed by atoms with Crippen LogP contribution in [0, 0.1) is 5.41 Å². The van der Waals surface area contributed by atoms with Gasteiger partial charge < -0.3 is 5.32 Å². The average molecular weight is 653 g/mol. The predicted molar refractivity (Wildman–Crippen MR) is 212 cm³/mol. The lowest BCUT2D eigenvalue weighted by atomic mass is 9.87. The molecule has 0 amide bonds. The van der Waals surface area contributed by atoms with Crippen LogP contribution in [0.15, 0.2) is 176 Å². The van der Waals surface area contributed by atoms with E-state index in [4.69, 9.17) is 9.97 Å². The van der Waals surface area contributed by atoms with Crippen LogP contribution in [0.5, 0.6) is 0 Å². The molecule has 51 heavy (non-hydrogen) atoms. The molecule has 0 aliphatic carbocycles. The molecule has 0 fully saturated rings. The van der Waals surface area contributed by atoms with Gasteiger partial charge in [-0.15, -0.1) is 0 Å². The summed E-state index contributed by atoms with van der Waals surface area (Å²) in [5, 5.41) is 15.5. The fourth-order valence-electron chi connectivity index (χ4n) is 6.89. The molecule has 8 aromatic rings. The molecular formula is C47H32N4. The van der Waals surface area contributed by atoms with E-state index in [0.29, 0.717) is 5.71 Å². The summed E-state index contributed by atoms with van der Waals surface area (Å²) in [4.78, 5) is 10.4. The second-order valence-corrected chi connectivity index (χ2v) is 12.7. The third-order valence-corrected chi connectivity index (χ3v) is 9.48. The maximum Gasteiger partial charge on any atom is 0.0972 e. The molecule has 6 aromatic carbocycles. The van der Waals surface area contributed by atoms with Crippen molar-refractivity contribution in [1.82, 2.24) is 15.3 Å². The molecule has 0 bridgehead atoms. The first-order valence-corrected chi connectivity index (χ1v) is 17.1. The van der Waals surface area contributed by atoms with Crippen molar-refractivity contribution in [2.24, 2.45) is 0 Å². The van der Waals surface area contributed by atoms with Gasteiger partial charge >= 0.3 is 0 Å². The SMILES string of the molecule is N=C(/C(=C1\NC(c2ccccc2)=Cc2ccc(-c3ccc4ccc5ccc(-c6ccccc6)nc5c4n3)cc21)c1ccccc1)c1ccccc1. The number of aromatic nitrogens is 2. The van der Waals surface area contributed by atoms with Gasteiger partial charge in [0, 0.05) is 44.3 Å². The number of nitrogens with one attached hydrogen (secondary N) is 2. The van der Waals surface area contributed by atoms with Gasteiger partial charge in [0.2, 0.25) is 0 Å². The van der Waals surface area contributed by atoms with Crippen molar-refractivity contribution < 1.29 is 0 Å². The van der Waals surface area contributed by atoms with Gasteiger partial charge in [-0.2, -0.15) is 0 Å². The predicted octanol–water partition coefficient (Wildman–Crippen LogP) is 11.2. The average Bonchev–Trinajstić information content (AvgIpc) is 3.21. The van der Waals surface area contributed by atoms with Crippen LogP contribution in [0.2, 0.25) is 0 Å². The maximum absolute atomic E-state index is 9.60. The highest BCUT2D eigenvalue weighted by molar-refractivity contribution is 6.36. The van der Waals surface area contributed by atoms with Crippen LogP contribution in [0.3, 0.4) is 0 Å². The van der Waals surface area contributed by atoms with Crippen LogP contribution in [0.25, 0.3) is 67.4 Å². The fourth-order valence-corrected chi connectivity index (χ4v) is 6.89. The van der Waals surface area contributed by atoms with Gasteiger partial charge in [-0.1, -0.05) is 158 Å². The van der Waals surface area contributed by atoms with E-state index in [0.717, 1.165) is 89.1 Å². The van der Waals surface area contributed by atoms with Crippen molar-refractivity contribution in [2.75, 3.05) is 0 Å². The monoisotopic (exact) mass is 652 g/mol. The topological polar surface area (TPSA) is 61.7 Å². The van der Waals surface area contributed by atoms with Crippen molar-refractivity contribution in [3.8, 4) is 22.5 Å². The molecule has 1 aliphatic heterocycles. The smallest absolute Gasteiger partial charge is 0.0972 e. The molecular weight excluding hydrogens is 621 g/mol. The molecule has 3 heterocycles. The molecule has 0 saturated heterocycles. The van der Waals surface area contributed by atoms with Crippen LogP contribution in [-0.2, 0) is 0 Å². The summed E-state index contributed by atoms with van der Waals surface area (Å²) in [7, 11) is 0. The normalized spacial score (nSPS) is 13.3. The fraction of sp³-hybridized carbons (Fsp3) is 0. The zero-order chi connectivity index (χ0) is 34.1. The molecule has 0 radical (unpaired) electrons. The van der Waals surface area contributed by atoms with Crippen molar-refractivity contribution in [3.05, 3.63) is 204 Å². The minimum atomic E-state index is 0.450. The highest BCUT2D eigenvalue weighted by Gasteiger charge is 2.24. The molecule has 240 valence electrons. The van der Waals surface area contributed by atoms with E-state index in [1.165, 1.54) is 0 Å². The van der Waals surface area contributed by atoms with Crippen molar-refractivity contribution in [1.29, 1.82) is 5.41 Å². The Morgan fingerprint density at radius 3 is 1.59 bits per heavy atom. The van der Waals surface area contributed by atoms with E-state index in [1.807, 2.05) is 72.8 Å². The van der Waals surface area contributed by atoms with Crippen LogP contribution in [0.4, 0.5) is 0 Å². The zero-order valence-electron chi connectivity index (χ0n) is 27.7. The molecule has 4 heteroatoms. The zero-order valence-corrected chi connectivity index (χ0v) is 27.7. The summed E-state index contributed by atoms with van der Waals surface area (Å²) in [5.41, 5.74) is 13.7. The number of fused-ring (bicyclic) bond motifs is 4. The van der Waals surface area contributed by atoms with E-state index in [2.05, 4.69) is 115 Å². The first kappa shape index (κ1) is 30.2. The standard InChI is InChI=1S/C47H32N4/c48-44(34-19-11-4-12-20-34)43(33-17-9-3-10-18-33)47-39-29-38(24-23-37(39)30-42(51-47)32-15-7-2-8-16-32)41-28-26-36-22-21-35-25-27-40(31-13-5-1-6-14-31)49-45(35)46(36)50-41/h1-30,48,51H/b47-43-,48-44?. The summed E-state index contributed by atoms with van der Waals surface area (Å²) in [6.07, 6.45) is 2.20. The number of benzene rings is 6. The van der Waals surface area contributed by atoms with E-state index in [-0.39, 0.29) is 0 Å². The van der Waals surface area contributed by atoms with Crippen LogP contribution < -0.4 is 5.32 Å². The Morgan fingerprint density at radius 2 is 0.980 bits per heavy atom. The van der Waals surface area contributed by atoms with Crippen LogP contribution in [-0.4, -0.2) is 15.7 Å². The van der Waals surface area contributed by atoms with Crippen LogP contribution >= 0.6 is 0 Å². The first-order chi connectivity index (χ1) is 25.2. The number of nitrogens with zero attached hydrogens (tertiary/aromatic N) is 2. The Labute approximate surface area is 296 Å². The number of hydrogen-bond acceptors (Lipinski definition) is 4. The minimum absolute atomic E-state index is 0.450. The van der Waals surface area contributed by atoms with E-state index in [1.54, 1.807) is 0 Å². The Hall–Kier alpha value is -6.91. The summed E-state index contributed by atoms with van der Waals surface area (Å²) in [6.45, 7) is 0. The maximum atomic E-state index is 9.60. The van der Waals surface area contributed by atoms with Gasteiger partial charge in [0.25, 0.3) is 0 Å². The van der Waals surface area contributed by atoms with Gasteiger partial charge in [-0.3, -0.25) is 5.41 Å². The molecule has 1 aliphatic rings. The van der Waals surface area contributed by atoms with E-state index < -0.39 is 0 Å². The summed E-state index contributed by atoms with van der Waals surface area (Å²) < 4.78 is 0. The number of pyridine rings is 2. The van der Waals surface area contributed by atoms with Crippen molar-refractivity contribution >= 4 is 50.6 Å². The van der Waals surface area contributed by atoms with Crippen molar-refractivity contribution in [3.63, 3.8) is 0 Å². The number of allylic oxidation sites excluding steroid dienone is 1. The molecule has 0 unspecified atom stereocenters. The summed E-state index contributed by atoms with van der Waals surface area (Å²) >= 11 is 0. The molecule has 2 N–H and O–H groups in total. The van der Waals surface area contributed by atoms with E-state index in [9.17, 15) is 5.41 Å². The van der Waals surface area contributed by atoms with Gasteiger partial charge in [0.15, 0.2) is 0 Å². The molecule has 9 rings (SSSR count). The second-order valence-electron chi connectivity index (χ2n) is 12.7. The first-order valence-electron chi connectivity index (χ1n) is 17.1. The molecule has 0 spiro atoms. The van der Waals surface area contributed by atoms with Crippen molar-refractivity contribution in [2.45, 2.75) is 0 Å². The van der Waals surface area contributed by atoms with E-state index >= 15 is 0 Å². The highest BCUT2D eigenvalue weighted by Crippen LogP contribution is 2.38. The van der Waals surface area contributed by atoms with Gasteiger partial charge in [0.1, 0.15) is 0 Å². The van der Waals surface area contributed by atoms with Gasteiger partial charge in [-0.05, 0) is 41.0 Å². The molecule has 0 saturated carbocycles. The third-order valence-electron chi connectivity index (χ3n) is 9.48. The minimum Gasteiger partial charge on any atom is -0.354 e. The Bertz CT molecular complexity index is 2640. The highest BCUT2D eigenvalue weighted by atomic mass is 14.9.